The summed E-state index contributed by atoms with van der Waals surface area (Å²) in [6.45, 7) is 12.9. The summed E-state index contributed by atoms with van der Waals surface area (Å²) in [7, 11) is 0. The highest BCUT2D eigenvalue weighted by Gasteiger charge is 2.30. The average molecular weight is 469 g/mol. The van der Waals surface area contributed by atoms with Crippen molar-refractivity contribution in [3.05, 3.63) is 34.3 Å². The molecule has 1 amide bonds. The number of nitrogens with zero attached hydrogens (tertiary/aromatic N) is 4. The predicted molar refractivity (Wildman–Crippen MR) is 130 cm³/mol. The lowest BCUT2D eigenvalue weighted by molar-refractivity contribution is -0.0728. The lowest BCUT2D eigenvalue weighted by Crippen LogP contribution is -2.48. The quantitative estimate of drug-likeness (QED) is 0.560. The van der Waals surface area contributed by atoms with E-state index < -0.39 is 0 Å². The highest BCUT2D eigenvalue weighted by molar-refractivity contribution is 7.15. The number of fused-ring (bicyclic) bond motifs is 1. The second-order valence-corrected chi connectivity index (χ2v) is 10.9. The average Bonchev–Trinajstić information content (AvgIpc) is 3.38. The van der Waals surface area contributed by atoms with E-state index in [-0.39, 0.29) is 18.1 Å². The molecule has 0 spiro atoms. The second-order valence-electron chi connectivity index (χ2n) is 9.62. The summed E-state index contributed by atoms with van der Waals surface area (Å²) in [5.41, 5.74) is 2.56. The molecule has 2 saturated heterocycles. The van der Waals surface area contributed by atoms with Crippen LogP contribution in [0.15, 0.2) is 22.7 Å². The molecular weight excluding hydrogens is 436 g/mol. The van der Waals surface area contributed by atoms with Crippen LogP contribution >= 0.6 is 11.3 Å². The third-order valence-electron chi connectivity index (χ3n) is 6.75. The van der Waals surface area contributed by atoms with Crippen LogP contribution in [0.2, 0.25) is 0 Å². The molecule has 7 nitrogen and oxygen atoms in total. The minimum Gasteiger partial charge on any atom is -0.373 e. The molecule has 33 heavy (non-hydrogen) atoms. The van der Waals surface area contributed by atoms with Gasteiger partial charge in [-0.15, -0.1) is 11.3 Å². The van der Waals surface area contributed by atoms with Gasteiger partial charge in [-0.2, -0.15) is 0 Å². The molecule has 0 N–H and O–H groups in total. The Morgan fingerprint density at radius 3 is 2.55 bits per heavy atom. The van der Waals surface area contributed by atoms with E-state index in [9.17, 15) is 4.79 Å². The third kappa shape index (κ3) is 4.69. The summed E-state index contributed by atoms with van der Waals surface area (Å²) in [5, 5.41) is 4.82. The van der Waals surface area contributed by atoms with Crippen molar-refractivity contribution in [2.45, 2.75) is 52.7 Å². The van der Waals surface area contributed by atoms with Crippen molar-refractivity contribution in [1.29, 1.82) is 0 Å². The summed E-state index contributed by atoms with van der Waals surface area (Å²) in [4.78, 5) is 25.1. The van der Waals surface area contributed by atoms with E-state index in [0.717, 1.165) is 61.5 Å². The molecule has 0 bridgehead atoms. The number of amides is 1. The Morgan fingerprint density at radius 1 is 1.15 bits per heavy atom. The van der Waals surface area contributed by atoms with E-state index >= 15 is 0 Å². The van der Waals surface area contributed by atoms with Crippen LogP contribution in [-0.2, 0) is 4.74 Å². The lowest BCUT2D eigenvalue weighted by Gasteiger charge is -2.39. The van der Waals surface area contributed by atoms with Gasteiger partial charge in [0.05, 0.1) is 39.4 Å². The number of piperidine rings is 1. The first-order valence-electron chi connectivity index (χ1n) is 11.9. The fraction of sp³-hybridized carbons (Fsp3) is 0.560. The van der Waals surface area contributed by atoms with Crippen LogP contribution in [0.5, 0.6) is 0 Å². The minimum atomic E-state index is 0.0512. The molecule has 8 heteroatoms. The first-order chi connectivity index (χ1) is 15.9. The Labute approximate surface area is 198 Å². The SMILES string of the molecule is Cc1ccc(-c2cc(C(=O)N3CCC(CN4CC(C)OC(C)C4)CC3)c3c(C)noc3n2)s1. The molecule has 0 saturated carbocycles. The monoisotopic (exact) mass is 468 g/mol. The van der Waals surface area contributed by atoms with Gasteiger partial charge >= 0.3 is 0 Å². The zero-order valence-electron chi connectivity index (χ0n) is 19.8. The number of carbonyl (C=O) groups excluding carboxylic acids is 1. The fourth-order valence-corrected chi connectivity index (χ4v) is 6.08. The molecular formula is C25H32N4O3S. The topological polar surface area (TPSA) is 71.7 Å². The van der Waals surface area contributed by atoms with Crippen LogP contribution < -0.4 is 0 Å². The van der Waals surface area contributed by atoms with Gasteiger partial charge < -0.3 is 14.2 Å². The Kier molecular flexibility index (Phi) is 6.24. The number of pyridine rings is 1. The largest absolute Gasteiger partial charge is 0.373 e. The predicted octanol–water partition coefficient (Wildman–Crippen LogP) is 4.53. The fourth-order valence-electron chi connectivity index (χ4n) is 5.25. The number of aromatic nitrogens is 2. The third-order valence-corrected chi connectivity index (χ3v) is 7.78. The normalized spacial score (nSPS) is 22.8. The second kappa shape index (κ2) is 9.16. The molecule has 0 radical (unpaired) electrons. The summed E-state index contributed by atoms with van der Waals surface area (Å²) < 4.78 is 11.3. The van der Waals surface area contributed by atoms with Gasteiger partial charge in [0.2, 0.25) is 0 Å². The van der Waals surface area contributed by atoms with Crippen LogP contribution in [0.1, 0.15) is 47.6 Å². The van der Waals surface area contributed by atoms with Crippen LogP contribution in [0.3, 0.4) is 0 Å². The molecule has 3 aromatic rings. The summed E-state index contributed by atoms with van der Waals surface area (Å²) in [5.74, 6) is 0.668. The molecule has 176 valence electrons. The summed E-state index contributed by atoms with van der Waals surface area (Å²) in [6, 6.07) is 6.03. The van der Waals surface area contributed by atoms with E-state index in [1.54, 1.807) is 11.3 Å². The van der Waals surface area contributed by atoms with Gasteiger partial charge in [-0.05, 0) is 64.7 Å². The molecule has 3 aromatic heterocycles. The van der Waals surface area contributed by atoms with Crippen LogP contribution in [-0.4, -0.2) is 70.8 Å². The number of morpholine rings is 1. The van der Waals surface area contributed by atoms with Crippen molar-refractivity contribution < 1.29 is 14.1 Å². The number of rotatable bonds is 4. The van der Waals surface area contributed by atoms with E-state index in [1.165, 1.54) is 4.88 Å². The molecule has 2 atom stereocenters. The zero-order chi connectivity index (χ0) is 23.1. The number of thiophene rings is 1. The number of hydrogen-bond acceptors (Lipinski definition) is 7. The maximum absolute atomic E-state index is 13.6. The van der Waals surface area contributed by atoms with E-state index in [0.29, 0.717) is 22.9 Å². The van der Waals surface area contributed by atoms with Gasteiger partial charge in [0.25, 0.3) is 11.6 Å². The highest BCUT2D eigenvalue weighted by atomic mass is 32.1. The zero-order valence-corrected chi connectivity index (χ0v) is 20.7. The molecule has 5 rings (SSSR count). The smallest absolute Gasteiger partial charge is 0.259 e. The van der Waals surface area contributed by atoms with Crippen molar-refractivity contribution in [2.75, 3.05) is 32.7 Å². The Balaban J connectivity index is 1.32. The Morgan fingerprint density at radius 2 is 1.88 bits per heavy atom. The number of likely N-dealkylation sites (tertiary alicyclic amines) is 1. The van der Waals surface area contributed by atoms with Crippen molar-refractivity contribution in [1.82, 2.24) is 19.9 Å². The Bertz CT molecular complexity index is 1140. The van der Waals surface area contributed by atoms with Gasteiger partial charge in [0, 0.05) is 37.6 Å². The van der Waals surface area contributed by atoms with Crippen LogP contribution in [0.4, 0.5) is 0 Å². The van der Waals surface area contributed by atoms with Crippen molar-refractivity contribution in [3.8, 4) is 10.6 Å². The van der Waals surface area contributed by atoms with Gasteiger partial charge in [0.15, 0.2) is 0 Å². The van der Waals surface area contributed by atoms with E-state index in [4.69, 9.17) is 9.26 Å². The Hall–Kier alpha value is -2.29. The van der Waals surface area contributed by atoms with Gasteiger partial charge in [0.1, 0.15) is 0 Å². The molecule has 0 aromatic carbocycles. The summed E-state index contributed by atoms with van der Waals surface area (Å²) >= 11 is 1.67. The number of hydrogen-bond donors (Lipinski definition) is 0. The van der Waals surface area contributed by atoms with Gasteiger partial charge in [-0.25, -0.2) is 4.98 Å². The van der Waals surface area contributed by atoms with E-state index in [1.807, 2.05) is 24.0 Å². The molecule has 0 aliphatic carbocycles. The maximum atomic E-state index is 13.6. The van der Waals surface area contributed by atoms with Crippen LogP contribution in [0.25, 0.3) is 21.7 Å². The number of ether oxygens (including phenoxy) is 1. The first kappa shape index (κ1) is 22.5. The van der Waals surface area contributed by atoms with Crippen molar-refractivity contribution in [2.24, 2.45) is 5.92 Å². The lowest BCUT2D eigenvalue weighted by atomic mass is 9.95. The number of carbonyl (C=O) groups is 1. The number of aryl methyl sites for hydroxylation is 2. The molecule has 5 heterocycles. The molecule has 2 aliphatic heterocycles. The van der Waals surface area contributed by atoms with E-state index in [2.05, 4.69) is 41.9 Å². The first-order valence-corrected chi connectivity index (χ1v) is 12.7. The van der Waals surface area contributed by atoms with Crippen LogP contribution in [0, 0.1) is 19.8 Å². The molecule has 2 unspecified atom stereocenters. The van der Waals surface area contributed by atoms with Gasteiger partial charge in [-0.3, -0.25) is 9.69 Å². The minimum absolute atomic E-state index is 0.0512. The van der Waals surface area contributed by atoms with Crippen molar-refractivity contribution >= 4 is 28.3 Å². The van der Waals surface area contributed by atoms with Crippen molar-refractivity contribution in [3.63, 3.8) is 0 Å². The maximum Gasteiger partial charge on any atom is 0.259 e. The molecule has 2 aliphatic rings. The van der Waals surface area contributed by atoms with Gasteiger partial charge in [-0.1, -0.05) is 5.16 Å². The standard InChI is InChI=1S/C25H32N4O3S/c1-15-12-28(13-16(2)31-15)14-19-7-9-29(10-8-19)25(30)20-11-21(22-6-5-17(3)33-22)26-24-23(20)18(4)27-32-24/h5-6,11,15-16,19H,7-10,12-14H2,1-4H3. The molecule has 2 fully saturated rings. The summed E-state index contributed by atoms with van der Waals surface area (Å²) in [6.07, 6.45) is 2.63. The highest BCUT2D eigenvalue weighted by Crippen LogP contribution is 2.32.